The molecule has 1 aliphatic carbocycles. The molecular formula is C15H18N2O2S. The number of carbonyl (C=O) groups excluding carboxylic acids is 1. The lowest BCUT2D eigenvalue weighted by molar-refractivity contribution is 0.0924. The molecule has 1 saturated carbocycles. The normalized spacial score (nSPS) is 19.6. The van der Waals surface area contributed by atoms with E-state index in [9.17, 15) is 4.79 Å². The highest BCUT2D eigenvalue weighted by atomic mass is 32.1. The van der Waals surface area contributed by atoms with Crippen LogP contribution in [0, 0.1) is 0 Å². The third-order valence-electron chi connectivity index (χ3n) is 4.27. The van der Waals surface area contributed by atoms with Crippen molar-refractivity contribution in [1.29, 1.82) is 0 Å². The molecule has 0 saturated heterocycles. The minimum Gasteiger partial charge on any atom is -0.391 e. The van der Waals surface area contributed by atoms with Gasteiger partial charge in [-0.1, -0.05) is 31.1 Å². The standard InChI is InChI=1S/C15H18N2O2S/c16-14(20)15(5-1-2-6-15)17-13(18)10-3-4-11-8-19-9-12(11)7-10/h3-4,7H,1-2,5-6,8-9H2,(H2,16,20)(H,17,18). The molecule has 4 nitrogen and oxygen atoms in total. The predicted molar refractivity (Wildman–Crippen MR) is 80.4 cm³/mol. The first-order valence-corrected chi connectivity index (χ1v) is 7.33. The van der Waals surface area contributed by atoms with Crippen molar-refractivity contribution in [3.05, 3.63) is 34.9 Å². The van der Waals surface area contributed by atoms with Gasteiger partial charge in [-0.2, -0.15) is 0 Å². The number of ether oxygens (including phenoxy) is 1. The van der Waals surface area contributed by atoms with Gasteiger partial charge in [0.15, 0.2) is 0 Å². The van der Waals surface area contributed by atoms with Crippen LogP contribution in [0.3, 0.4) is 0 Å². The molecule has 0 spiro atoms. The first kappa shape index (κ1) is 13.5. The van der Waals surface area contributed by atoms with E-state index in [1.807, 2.05) is 18.2 Å². The third-order valence-corrected chi connectivity index (χ3v) is 4.66. The molecule has 1 aromatic rings. The van der Waals surface area contributed by atoms with E-state index >= 15 is 0 Å². The highest BCUT2D eigenvalue weighted by molar-refractivity contribution is 7.80. The van der Waals surface area contributed by atoms with E-state index in [1.54, 1.807) is 0 Å². The van der Waals surface area contributed by atoms with Crippen LogP contribution in [0.2, 0.25) is 0 Å². The van der Waals surface area contributed by atoms with Crippen LogP contribution in [0.15, 0.2) is 18.2 Å². The lowest BCUT2D eigenvalue weighted by Gasteiger charge is -2.29. The molecule has 2 aliphatic rings. The molecule has 1 amide bonds. The number of hydrogen-bond donors (Lipinski definition) is 2. The van der Waals surface area contributed by atoms with Crippen LogP contribution in [0.5, 0.6) is 0 Å². The third kappa shape index (κ3) is 2.31. The van der Waals surface area contributed by atoms with Gasteiger partial charge in [0.25, 0.3) is 5.91 Å². The van der Waals surface area contributed by atoms with E-state index in [2.05, 4.69) is 5.32 Å². The van der Waals surface area contributed by atoms with Gasteiger partial charge in [0, 0.05) is 5.56 Å². The molecule has 3 N–H and O–H groups in total. The summed E-state index contributed by atoms with van der Waals surface area (Å²) in [4.78, 5) is 12.8. The average molecular weight is 290 g/mol. The fourth-order valence-electron chi connectivity index (χ4n) is 3.01. The number of benzene rings is 1. The minimum absolute atomic E-state index is 0.102. The van der Waals surface area contributed by atoms with Gasteiger partial charge in [-0.05, 0) is 36.1 Å². The van der Waals surface area contributed by atoms with Crippen molar-refractivity contribution in [2.75, 3.05) is 0 Å². The number of thiocarbonyl (C=S) groups is 1. The van der Waals surface area contributed by atoms with E-state index in [0.29, 0.717) is 23.8 Å². The van der Waals surface area contributed by atoms with E-state index in [4.69, 9.17) is 22.7 Å². The lowest BCUT2D eigenvalue weighted by atomic mass is 9.96. The highest BCUT2D eigenvalue weighted by Gasteiger charge is 2.38. The Morgan fingerprint density at radius 3 is 2.65 bits per heavy atom. The highest BCUT2D eigenvalue weighted by Crippen LogP contribution is 2.30. The Morgan fingerprint density at radius 1 is 1.25 bits per heavy atom. The molecule has 106 valence electrons. The van der Waals surface area contributed by atoms with Gasteiger partial charge in [0.05, 0.1) is 23.7 Å². The molecule has 1 fully saturated rings. The second-order valence-corrected chi connectivity index (χ2v) is 6.02. The predicted octanol–water partition coefficient (Wildman–Crippen LogP) is 2.05. The molecular weight excluding hydrogens is 272 g/mol. The largest absolute Gasteiger partial charge is 0.391 e. The van der Waals surface area contributed by atoms with Gasteiger partial charge in [-0.15, -0.1) is 0 Å². The molecule has 20 heavy (non-hydrogen) atoms. The minimum atomic E-state index is -0.498. The molecule has 1 heterocycles. The second kappa shape index (κ2) is 5.14. The van der Waals surface area contributed by atoms with Crippen LogP contribution in [-0.4, -0.2) is 16.4 Å². The number of hydrogen-bond acceptors (Lipinski definition) is 3. The van der Waals surface area contributed by atoms with Crippen molar-refractivity contribution in [2.45, 2.75) is 44.4 Å². The summed E-state index contributed by atoms with van der Waals surface area (Å²) in [7, 11) is 0. The maximum Gasteiger partial charge on any atom is 0.252 e. The summed E-state index contributed by atoms with van der Waals surface area (Å²) < 4.78 is 5.37. The summed E-state index contributed by atoms with van der Waals surface area (Å²) in [5.41, 5.74) is 8.25. The molecule has 0 atom stereocenters. The molecule has 1 aromatic carbocycles. The van der Waals surface area contributed by atoms with Crippen LogP contribution in [0.1, 0.15) is 47.2 Å². The van der Waals surface area contributed by atoms with Gasteiger partial charge in [0.2, 0.25) is 0 Å². The maximum atomic E-state index is 12.4. The van der Waals surface area contributed by atoms with Gasteiger partial charge in [-0.25, -0.2) is 0 Å². The Labute approximate surface area is 123 Å². The molecule has 0 radical (unpaired) electrons. The Kier molecular flexibility index (Phi) is 3.48. The zero-order valence-electron chi connectivity index (χ0n) is 11.3. The van der Waals surface area contributed by atoms with Crippen LogP contribution >= 0.6 is 12.2 Å². The Hall–Kier alpha value is -1.46. The summed E-state index contributed by atoms with van der Waals surface area (Å²) in [6.07, 6.45) is 3.77. The van der Waals surface area contributed by atoms with E-state index in [1.165, 1.54) is 0 Å². The molecule has 0 unspecified atom stereocenters. The van der Waals surface area contributed by atoms with E-state index in [-0.39, 0.29) is 5.91 Å². The molecule has 1 aliphatic heterocycles. The fraction of sp³-hybridized carbons (Fsp3) is 0.467. The lowest BCUT2D eigenvalue weighted by Crippen LogP contribution is -2.54. The summed E-state index contributed by atoms with van der Waals surface area (Å²) in [6.45, 7) is 1.21. The van der Waals surface area contributed by atoms with Crippen molar-refractivity contribution < 1.29 is 9.53 Å². The first-order valence-electron chi connectivity index (χ1n) is 6.93. The molecule has 5 heteroatoms. The molecule has 3 rings (SSSR count). The Bertz CT molecular complexity index is 565. The van der Waals surface area contributed by atoms with Crippen molar-refractivity contribution in [1.82, 2.24) is 5.32 Å². The summed E-state index contributed by atoms with van der Waals surface area (Å²) in [5.74, 6) is -0.102. The zero-order valence-corrected chi connectivity index (χ0v) is 12.1. The van der Waals surface area contributed by atoms with Gasteiger partial charge < -0.3 is 15.8 Å². The van der Waals surface area contributed by atoms with Gasteiger partial charge >= 0.3 is 0 Å². The summed E-state index contributed by atoms with van der Waals surface area (Å²) in [5, 5.41) is 3.05. The van der Waals surface area contributed by atoms with Crippen LogP contribution in [0.25, 0.3) is 0 Å². The Morgan fingerprint density at radius 2 is 1.95 bits per heavy atom. The number of carbonyl (C=O) groups is 1. The summed E-state index contributed by atoms with van der Waals surface area (Å²) >= 11 is 5.16. The van der Waals surface area contributed by atoms with Gasteiger partial charge in [-0.3, -0.25) is 4.79 Å². The molecule has 0 aromatic heterocycles. The van der Waals surface area contributed by atoms with Crippen molar-refractivity contribution in [3.63, 3.8) is 0 Å². The maximum absolute atomic E-state index is 12.4. The van der Waals surface area contributed by atoms with Gasteiger partial charge in [0.1, 0.15) is 0 Å². The Balaban J connectivity index is 1.80. The fourth-order valence-corrected chi connectivity index (χ4v) is 3.27. The van der Waals surface area contributed by atoms with Crippen LogP contribution in [-0.2, 0) is 18.0 Å². The molecule has 0 bridgehead atoms. The smallest absolute Gasteiger partial charge is 0.252 e. The zero-order chi connectivity index (χ0) is 14.2. The number of rotatable bonds is 3. The van der Waals surface area contributed by atoms with Crippen molar-refractivity contribution in [2.24, 2.45) is 5.73 Å². The quantitative estimate of drug-likeness (QED) is 0.836. The average Bonchev–Trinajstić information content (AvgIpc) is 3.06. The number of fused-ring (bicyclic) bond motifs is 1. The van der Waals surface area contributed by atoms with E-state index < -0.39 is 5.54 Å². The number of amides is 1. The monoisotopic (exact) mass is 290 g/mol. The van der Waals surface area contributed by atoms with E-state index in [0.717, 1.165) is 36.8 Å². The van der Waals surface area contributed by atoms with Crippen molar-refractivity contribution in [3.8, 4) is 0 Å². The second-order valence-electron chi connectivity index (χ2n) is 5.58. The number of nitrogens with one attached hydrogen (secondary N) is 1. The summed E-state index contributed by atoms with van der Waals surface area (Å²) in [6, 6.07) is 5.70. The topological polar surface area (TPSA) is 64.3 Å². The number of nitrogens with two attached hydrogens (primary N) is 1. The van der Waals surface area contributed by atoms with Crippen molar-refractivity contribution >= 4 is 23.1 Å². The SMILES string of the molecule is NC(=S)C1(NC(=O)c2ccc3c(c2)COC3)CCCC1. The first-order chi connectivity index (χ1) is 9.61. The van der Waals surface area contributed by atoms with Crippen LogP contribution in [0.4, 0.5) is 0 Å². The van der Waals surface area contributed by atoms with Crippen LogP contribution < -0.4 is 11.1 Å².